The minimum Gasteiger partial charge on any atom is -0.497 e. The van der Waals surface area contributed by atoms with Crippen LogP contribution in [0.3, 0.4) is 0 Å². The molecule has 1 aliphatic rings. The van der Waals surface area contributed by atoms with Crippen molar-refractivity contribution in [2.24, 2.45) is 4.99 Å². The molecule has 1 aliphatic heterocycles. The number of aromatic nitrogens is 1. The van der Waals surface area contributed by atoms with Gasteiger partial charge in [-0.05, 0) is 97.0 Å². The summed E-state index contributed by atoms with van der Waals surface area (Å²) in [4.78, 5) is 45.0. The molecule has 0 fully saturated rings. The van der Waals surface area contributed by atoms with Crippen LogP contribution in [0.5, 0.6) is 17.2 Å². The smallest absolute Gasteiger partial charge is 0.344 e. The van der Waals surface area contributed by atoms with E-state index >= 15 is 0 Å². The minimum absolute atomic E-state index is 0.188. The number of hydrogen-bond donors (Lipinski definition) is 0. The molecule has 0 aliphatic carbocycles. The van der Waals surface area contributed by atoms with E-state index in [9.17, 15) is 14.4 Å². The molecule has 44 heavy (non-hydrogen) atoms. The highest BCUT2D eigenvalue weighted by atomic mass is 127. The fraction of sp³-hybridized carbons (Fsp3) is 0.212. The number of ether oxygens (including phenoxy) is 4. The van der Waals surface area contributed by atoms with Crippen LogP contribution in [0.1, 0.15) is 48.3 Å². The largest absolute Gasteiger partial charge is 0.497 e. The fourth-order valence-corrected chi connectivity index (χ4v) is 6.45. The molecule has 0 N–H and O–H groups in total. The first-order valence-electron chi connectivity index (χ1n) is 13.8. The summed E-state index contributed by atoms with van der Waals surface area (Å²) in [5.74, 6) is 0.260. The van der Waals surface area contributed by atoms with Crippen LogP contribution in [-0.2, 0) is 9.53 Å². The number of carbonyl (C=O) groups excluding carboxylic acids is 2. The van der Waals surface area contributed by atoms with Crippen LogP contribution in [-0.4, -0.2) is 36.8 Å². The Hall–Kier alpha value is -4.23. The van der Waals surface area contributed by atoms with Crippen LogP contribution >= 0.6 is 33.9 Å². The van der Waals surface area contributed by atoms with Crippen molar-refractivity contribution in [1.29, 1.82) is 0 Å². The topological polar surface area (TPSA) is 105 Å². The van der Waals surface area contributed by atoms with E-state index in [-0.39, 0.29) is 17.9 Å². The second kappa shape index (κ2) is 13.6. The Balaban J connectivity index is 1.57. The third-order valence-corrected chi connectivity index (χ3v) is 8.73. The van der Waals surface area contributed by atoms with Gasteiger partial charge in [-0.2, -0.15) is 0 Å². The van der Waals surface area contributed by atoms with E-state index in [1.165, 1.54) is 15.9 Å². The highest BCUT2D eigenvalue weighted by Crippen LogP contribution is 2.32. The highest BCUT2D eigenvalue weighted by Gasteiger charge is 2.33. The Labute approximate surface area is 271 Å². The van der Waals surface area contributed by atoms with E-state index in [0.29, 0.717) is 55.4 Å². The van der Waals surface area contributed by atoms with E-state index in [1.54, 1.807) is 69.5 Å². The first-order valence-corrected chi connectivity index (χ1v) is 15.7. The van der Waals surface area contributed by atoms with Crippen molar-refractivity contribution in [2.75, 3.05) is 20.3 Å². The van der Waals surface area contributed by atoms with Gasteiger partial charge in [-0.1, -0.05) is 41.7 Å². The highest BCUT2D eigenvalue weighted by molar-refractivity contribution is 14.1. The van der Waals surface area contributed by atoms with Crippen molar-refractivity contribution in [3.63, 3.8) is 0 Å². The summed E-state index contributed by atoms with van der Waals surface area (Å²) in [6, 6.07) is 18.7. The van der Waals surface area contributed by atoms with Crippen LogP contribution in [0.15, 0.2) is 87.8 Å². The quantitative estimate of drug-likeness (QED) is 0.136. The van der Waals surface area contributed by atoms with Crippen LogP contribution in [0, 0.1) is 3.57 Å². The van der Waals surface area contributed by atoms with E-state index in [2.05, 4.69) is 27.6 Å². The lowest BCUT2D eigenvalue weighted by Crippen LogP contribution is -2.39. The van der Waals surface area contributed by atoms with Gasteiger partial charge in [0.15, 0.2) is 16.3 Å². The molecule has 0 bridgehead atoms. The Morgan fingerprint density at radius 3 is 2.43 bits per heavy atom. The molecule has 0 saturated heterocycles. The van der Waals surface area contributed by atoms with Crippen molar-refractivity contribution in [3.8, 4) is 17.2 Å². The molecule has 226 valence electrons. The van der Waals surface area contributed by atoms with Gasteiger partial charge in [0, 0.05) is 3.57 Å². The summed E-state index contributed by atoms with van der Waals surface area (Å²) in [6.45, 7) is 5.84. The Morgan fingerprint density at radius 1 is 1.00 bits per heavy atom. The monoisotopic (exact) mass is 724 g/mol. The molecule has 0 saturated carbocycles. The summed E-state index contributed by atoms with van der Waals surface area (Å²) >= 11 is 3.31. The van der Waals surface area contributed by atoms with Crippen molar-refractivity contribution in [3.05, 3.63) is 118 Å². The molecule has 1 atom stereocenters. The maximum Gasteiger partial charge on any atom is 0.344 e. The zero-order chi connectivity index (χ0) is 31.4. The second-order valence-corrected chi connectivity index (χ2v) is 11.8. The summed E-state index contributed by atoms with van der Waals surface area (Å²) in [6.07, 6.45) is 1.73. The molecule has 3 aromatic carbocycles. The average Bonchev–Trinajstić information content (AvgIpc) is 3.31. The maximum absolute atomic E-state index is 14.0. The summed E-state index contributed by atoms with van der Waals surface area (Å²) in [7, 11) is 1.57. The van der Waals surface area contributed by atoms with Crippen LogP contribution in [0.2, 0.25) is 0 Å². The van der Waals surface area contributed by atoms with Gasteiger partial charge in [-0.3, -0.25) is 9.36 Å². The number of thiazole rings is 1. The van der Waals surface area contributed by atoms with Gasteiger partial charge < -0.3 is 18.9 Å². The number of allylic oxidation sites excluding steroid dienone is 1. The Bertz CT molecular complexity index is 1940. The number of esters is 2. The lowest BCUT2D eigenvalue weighted by atomic mass is 9.96. The Morgan fingerprint density at radius 2 is 1.75 bits per heavy atom. The first-order chi connectivity index (χ1) is 21.2. The second-order valence-electron chi connectivity index (χ2n) is 9.58. The zero-order valence-corrected chi connectivity index (χ0v) is 27.4. The number of benzene rings is 3. The predicted molar refractivity (Wildman–Crippen MR) is 175 cm³/mol. The van der Waals surface area contributed by atoms with Gasteiger partial charge in [-0.25, -0.2) is 14.6 Å². The van der Waals surface area contributed by atoms with Crippen LogP contribution < -0.4 is 29.1 Å². The summed E-state index contributed by atoms with van der Waals surface area (Å²) in [5, 5.41) is 0. The number of nitrogens with zero attached hydrogens (tertiary/aromatic N) is 2. The molecular weight excluding hydrogens is 695 g/mol. The van der Waals surface area contributed by atoms with E-state index in [0.717, 1.165) is 3.57 Å². The molecule has 11 heteroatoms. The van der Waals surface area contributed by atoms with Gasteiger partial charge in [0.1, 0.15) is 5.75 Å². The van der Waals surface area contributed by atoms with Crippen LogP contribution in [0.25, 0.3) is 6.08 Å². The molecule has 0 radical (unpaired) electrons. The molecule has 2 heterocycles. The number of carbonyl (C=O) groups is 2. The van der Waals surface area contributed by atoms with Gasteiger partial charge >= 0.3 is 11.9 Å². The molecule has 9 nitrogen and oxygen atoms in total. The molecule has 0 spiro atoms. The van der Waals surface area contributed by atoms with Gasteiger partial charge in [0.2, 0.25) is 0 Å². The molecule has 0 unspecified atom stereocenters. The van der Waals surface area contributed by atoms with Gasteiger partial charge in [0.25, 0.3) is 5.56 Å². The van der Waals surface area contributed by atoms with Crippen molar-refractivity contribution < 1.29 is 28.5 Å². The third-order valence-electron chi connectivity index (χ3n) is 6.81. The van der Waals surface area contributed by atoms with Gasteiger partial charge in [0.05, 0.1) is 47.7 Å². The third kappa shape index (κ3) is 6.34. The number of fused-ring (bicyclic) bond motifs is 1. The van der Waals surface area contributed by atoms with Crippen molar-refractivity contribution in [1.82, 2.24) is 4.57 Å². The van der Waals surface area contributed by atoms with E-state index in [1.807, 2.05) is 31.2 Å². The maximum atomic E-state index is 14.0. The SMILES string of the molecule is CCOC(=O)C1=C(C)N=c2s/c(=C/c3ccc(OC(=O)c4ccccc4I)c(OCC)c3)c(=O)n2[C@H]1c1ccc(OC)cc1. The normalized spacial score (nSPS) is 14.5. The zero-order valence-electron chi connectivity index (χ0n) is 24.5. The first kappa shape index (κ1) is 31.2. The molecular formula is C33H29IN2O7S. The fourth-order valence-electron chi connectivity index (χ4n) is 4.79. The molecule has 1 aromatic heterocycles. The number of methoxy groups -OCH3 is 1. The van der Waals surface area contributed by atoms with Crippen molar-refractivity contribution >= 4 is 51.9 Å². The number of halogens is 1. The minimum atomic E-state index is -0.736. The summed E-state index contributed by atoms with van der Waals surface area (Å²) < 4.78 is 24.9. The Kier molecular flexibility index (Phi) is 9.64. The average molecular weight is 725 g/mol. The predicted octanol–water partition coefficient (Wildman–Crippen LogP) is 5.03. The number of rotatable bonds is 9. The van der Waals surface area contributed by atoms with E-state index < -0.39 is 18.0 Å². The molecule has 4 aromatic rings. The lowest BCUT2D eigenvalue weighted by molar-refractivity contribution is -0.139. The van der Waals surface area contributed by atoms with Crippen LogP contribution in [0.4, 0.5) is 0 Å². The summed E-state index contributed by atoms with van der Waals surface area (Å²) in [5.41, 5.74) is 2.30. The van der Waals surface area contributed by atoms with E-state index in [4.69, 9.17) is 18.9 Å². The lowest BCUT2D eigenvalue weighted by Gasteiger charge is -2.24. The van der Waals surface area contributed by atoms with Gasteiger partial charge in [-0.15, -0.1) is 0 Å². The standard InChI is InChI=1S/C33H29IN2O7S/c1-5-41-26-17-20(11-16-25(26)43-31(38)23-9-7-8-10-24(23)34)18-27-30(37)36-29(21-12-14-22(40-4)15-13-21)28(32(39)42-6-2)19(3)35-33(36)44-27/h7-18,29H,5-6H2,1-4H3/b27-18+/t29-/m0/s1. The molecule has 0 amide bonds. The number of hydrogen-bond acceptors (Lipinski definition) is 9. The van der Waals surface area contributed by atoms with Crippen molar-refractivity contribution in [2.45, 2.75) is 26.8 Å². The molecule has 5 rings (SSSR count).